The van der Waals surface area contributed by atoms with Gasteiger partial charge in [-0.05, 0) is 36.0 Å². The number of carboxylic acids is 1. The predicted octanol–water partition coefficient (Wildman–Crippen LogP) is 5.69. The molecule has 1 N–H and O–H groups in total. The van der Waals surface area contributed by atoms with E-state index in [9.17, 15) is 9.90 Å². The van der Waals surface area contributed by atoms with Crippen LogP contribution in [0.4, 0.5) is 0 Å². The lowest BCUT2D eigenvalue weighted by Crippen LogP contribution is -2.06. The van der Waals surface area contributed by atoms with Crippen molar-refractivity contribution in [3.8, 4) is 0 Å². The smallest absolute Gasteiger partial charge is 0.371 e. The summed E-state index contributed by atoms with van der Waals surface area (Å²) in [5.74, 6) is -0.367. The summed E-state index contributed by atoms with van der Waals surface area (Å²) in [5.41, 5.74) is 2.13. The molecule has 0 saturated heterocycles. The third-order valence-electron chi connectivity index (χ3n) is 3.89. The lowest BCUT2D eigenvalue weighted by molar-refractivity contribution is -0.136. The molecule has 0 unspecified atom stereocenters. The first-order valence-electron chi connectivity index (χ1n) is 9.19. The monoisotopic (exact) mass is 332 g/mol. The predicted molar refractivity (Wildman–Crippen MR) is 99.9 cm³/mol. The van der Waals surface area contributed by atoms with Crippen molar-refractivity contribution < 1.29 is 14.6 Å². The molecule has 0 saturated carbocycles. The number of aliphatic carboxylic acids is 1. The van der Waals surface area contributed by atoms with Crippen molar-refractivity contribution in [1.82, 2.24) is 0 Å². The number of ether oxygens (including phenoxy) is 1. The topological polar surface area (TPSA) is 46.5 Å². The zero-order valence-corrected chi connectivity index (χ0v) is 15.4. The van der Waals surface area contributed by atoms with Crippen molar-refractivity contribution in [2.75, 3.05) is 6.61 Å². The molecule has 0 heterocycles. The van der Waals surface area contributed by atoms with Gasteiger partial charge in [-0.15, -0.1) is 0 Å². The minimum atomic E-state index is -1.01. The van der Waals surface area contributed by atoms with Crippen molar-refractivity contribution in [3.05, 3.63) is 41.2 Å². The Morgan fingerprint density at radius 2 is 1.71 bits per heavy atom. The van der Waals surface area contributed by atoms with Crippen LogP contribution in [0.1, 0.15) is 70.4 Å². The van der Waals surface area contributed by atoms with Crippen molar-refractivity contribution in [2.45, 2.75) is 65.7 Å². The fourth-order valence-corrected chi connectivity index (χ4v) is 2.60. The zero-order valence-electron chi connectivity index (χ0n) is 15.4. The first-order valence-corrected chi connectivity index (χ1v) is 9.19. The molecular weight excluding hydrogens is 300 g/mol. The largest absolute Gasteiger partial charge is 0.487 e. The molecule has 0 aliphatic heterocycles. The molecule has 1 rings (SSSR count). The van der Waals surface area contributed by atoms with E-state index in [4.69, 9.17) is 4.74 Å². The minimum Gasteiger partial charge on any atom is -0.487 e. The Balaban J connectivity index is 2.48. The van der Waals surface area contributed by atoms with Crippen LogP contribution in [-0.4, -0.2) is 17.7 Å². The number of carbonyl (C=O) groups is 1. The van der Waals surface area contributed by atoms with Gasteiger partial charge in [0.2, 0.25) is 5.76 Å². The molecule has 0 amide bonds. The standard InChI is InChI=1S/C21H32O3/c1-4-5-6-7-8-9-14-24-20(21(22)23)16-19-12-10-18(11-13-19)15-17(2)3/h10-13,16-17H,4-9,14-15H2,1-3H3,(H,22,23). The molecule has 134 valence electrons. The summed E-state index contributed by atoms with van der Waals surface area (Å²) in [6, 6.07) is 8.02. The quantitative estimate of drug-likeness (QED) is 0.304. The maximum absolute atomic E-state index is 11.3. The zero-order chi connectivity index (χ0) is 17.8. The fourth-order valence-electron chi connectivity index (χ4n) is 2.60. The van der Waals surface area contributed by atoms with Crippen molar-refractivity contribution in [3.63, 3.8) is 0 Å². The Labute approximate surface area is 146 Å². The third kappa shape index (κ3) is 8.76. The highest BCUT2D eigenvalue weighted by atomic mass is 16.5. The number of unbranched alkanes of at least 4 members (excludes halogenated alkanes) is 5. The van der Waals surface area contributed by atoms with Crippen LogP contribution in [0.25, 0.3) is 6.08 Å². The molecule has 1 aromatic rings. The van der Waals surface area contributed by atoms with E-state index < -0.39 is 5.97 Å². The van der Waals surface area contributed by atoms with Gasteiger partial charge in [0.15, 0.2) is 0 Å². The summed E-state index contributed by atoms with van der Waals surface area (Å²) in [4.78, 5) is 11.3. The summed E-state index contributed by atoms with van der Waals surface area (Å²) in [5, 5.41) is 9.29. The lowest BCUT2D eigenvalue weighted by Gasteiger charge is -2.08. The Bertz CT molecular complexity index is 500. The van der Waals surface area contributed by atoms with E-state index in [1.54, 1.807) is 6.08 Å². The molecule has 1 aromatic carbocycles. The number of hydrogen-bond donors (Lipinski definition) is 1. The van der Waals surface area contributed by atoms with Gasteiger partial charge in [-0.25, -0.2) is 4.79 Å². The Hall–Kier alpha value is -1.77. The molecule has 0 spiro atoms. The van der Waals surface area contributed by atoms with E-state index in [1.807, 2.05) is 12.1 Å². The van der Waals surface area contributed by atoms with Gasteiger partial charge in [-0.2, -0.15) is 0 Å². The van der Waals surface area contributed by atoms with Crippen LogP contribution >= 0.6 is 0 Å². The maximum atomic E-state index is 11.3. The molecule has 0 bridgehead atoms. The number of carboxylic acid groups (broad SMARTS) is 1. The van der Waals surface area contributed by atoms with Gasteiger partial charge < -0.3 is 9.84 Å². The van der Waals surface area contributed by atoms with Gasteiger partial charge in [0.25, 0.3) is 0 Å². The number of hydrogen-bond acceptors (Lipinski definition) is 2. The summed E-state index contributed by atoms with van der Waals surface area (Å²) >= 11 is 0. The van der Waals surface area contributed by atoms with Crippen LogP contribution in [0.2, 0.25) is 0 Å². The second-order valence-corrected chi connectivity index (χ2v) is 6.77. The van der Waals surface area contributed by atoms with Gasteiger partial charge in [-0.3, -0.25) is 0 Å². The van der Waals surface area contributed by atoms with Crippen LogP contribution < -0.4 is 0 Å². The molecule has 3 nitrogen and oxygen atoms in total. The minimum absolute atomic E-state index is 0.0279. The van der Waals surface area contributed by atoms with E-state index in [0.29, 0.717) is 12.5 Å². The number of rotatable bonds is 12. The summed E-state index contributed by atoms with van der Waals surface area (Å²) in [7, 11) is 0. The number of benzene rings is 1. The average Bonchev–Trinajstić information content (AvgIpc) is 2.53. The summed E-state index contributed by atoms with van der Waals surface area (Å²) in [6.07, 6.45) is 9.59. The van der Waals surface area contributed by atoms with Gasteiger partial charge >= 0.3 is 5.97 Å². The first-order chi connectivity index (χ1) is 11.5. The molecule has 0 radical (unpaired) electrons. The van der Waals surface area contributed by atoms with Gasteiger partial charge in [0, 0.05) is 0 Å². The second kappa shape index (κ2) is 11.7. The molecule has 0 aliphatic carbocycles. The highest BCUT2D eigenvalue weighted by Crippen LogP contribution is 2.14. The molecule has 0 aliphatic rings. The van der Waals surface area contributed by atoms with Crippen LogP contribution in [-0.2, 0) is 16.0 Å². The van der Waals surface area contributed by atoms with Crippen molar-refractivity contribution in [2.24, 2.45) is 5.92 Å². The van der Waals surface area contributed by atoms with Crippen molar-refractivity contribution in [1.29, 1.82) is 0 Å². The molecule has 3 heteroatoms. The molecule has 0 fully saturated rings. The average molecular weight is 332 g/mol. The summed E-state index contributed by atoms with van der Waals surface area (Å²) in [6.45, 7) is 7.04. The molecule has 0 atom stereocenters. The van der Waals surface area contributed by atoms with Crippen LogP contribution in [0.15, 0.2) is 30.0 Å². The van der Waals surface area contributed by atoms with Crippen LogP contribution in [0.5, 0.6) is 0 Å². The normalized spacial score (nSPS) is 11.8. The van der Waals surface area contributed by atoms with Crippen LogP contribution in [0, 0.1) is 5.92 Å². The Morgan fingerprint density at radius 3 is 2.29 bits per heavy atom. The van der Waals surface area contributed by atoms with E-state index in [2.05, 4.69) is 32.9 Å². The molecule has 0 aromatic heterocycles. The van der Waals surface area contributed by atoms with Crippen LogP contribution in [0.3, 0.4) is 0 Å². The van der Waals surface area contributed by atoms with Gasteiger partial charge in [0.1, 0.15) is 0 Å². The first kappa shape index (κ1) is 20.3. The fraction of sp³-hybridized carbons (Fsp3) is 0.571. The van der Waals surface area contributed by atoms with E-state index >= 15 is 0 Å². The third-order valence-corrected chi connectivity index (χ3v) is 3.89. The molecule has 24 heavy (non-hydrogen) atoms. The van der Waals surface area contributed by atoms with Gasteiger partial charge in [-0.1, -0.05) is 77.1 Å². The second-order valence-electron chi connectivity index (χ2n) is 6.77. The maximum Gasteiger partial charge on any atom is 0.371 e. The summed E-state index contributed by atoms with van der Waals surface area (Å²) < 4.78 is 5.47. The Morgan fingerprint density at radius 1 is 1.08 bits per heavy atom. The SMILES string of the molecule is CCCCCCCCOC(=Cc1ccc(CC(C)C)cc1)C(=O)O. The molecular formula is C21H32O3. The van der Waals surface area contributed by atoms with Crippen molar-refractivity contribution >= 4 is 12.0 Å². The van der Waals surface area contributed by atoms with E-state index in [-0.39, 0.29) is 5.76 Å². The highest BCUT2D eigenvalue weighted by molar-refractivity contribution is 5.89. The van der Waals surface area contributed by atoms with E-state index in [0.717, 1.165) is 24.8 Å². The lowest BCUT2D eigenvalue weighted by atomic mass is 10.0. The van der Waals surface area contributed by atoms with Gasteiger partial charge in [0.05, 0.1) is 6.61 Å². The Kier molecular flexibility index (Phi) is 9.90. The highest BCUT2D eigenvalue weighted by Gasteiger charge is 2.09. The van der Waals surface area contributed by atoms with E-state index in [1.165, 1.54) is 31.2 Å².